The molecular weight excluding hydrogens is 405 g/mol. The molecule has 0 amide bonds. The van der Waals surface area contributed by atoms with E-state index >= 15 is 0 Å². The smallest absolute Gasteiger partial charge is 0.330 e. The first-order chi connectivity index (χ1) is 13.9. The minimum atomic E-state index is -2.05. The lowest BCUT2D eigenvalue weighted by atomic mass is 10.0. The zero-order valence-electron chi connectivity index (χ0n) is 20.2. The van der Waals surface area contributed by atoms with Gasteiger partial charge in [0.05, 0.1) is 39.8 Å². The predicted molar refractivity (Wildman–Crippen MR) is 122 cm³/mol. The van der Waals surface area contributed by atoms with Gasteiger partial charge >= 0.3 is 14.6 Å². The molecule has 0 aliphatic carbocycles. The number of ether oxygens (including phenoxy) is 1. The summed E-state index contributed by atoms with van der Waals surface area (Å²) in [7, 11) is 3.82. The SMILES string of the molecule is CCCCCC(C)(C)OCCCCCCCOP(O)O[C@H](CC(=O)O)C[N+](C)(C)C. The standard InChI is InChI=1S/C22H46NO6P/c1-7-8-12-15-22(2,3)27-16-13-10-9-11-14-17-28-30(26)29-20(18-21(24)25)19-23(4,5)6/h20,26H,7-19H2,1-6H3/p+1/t20-,30?/m1/s1. The summed E-state index contributed by atoms with van der Waals surface area (Å²) in [5.74, 6) is -0.940. The molecule has 8 heteroatoms. The van der Waals surface area contributed by atoms with Crippen LogP contribution in [0.15, 0.2) is 0 Å². The van der Waals surface area contributed by atoms with Gasteiger partial charge < -0.3 is 28.3 Å². The molecule has 30 heavy (non-hydrogen) atoms. The summed E-state index contributed by atoms with van der Waals surface area (Å²) >= 11 is 0. The molecular formula is C22H47NO6P+. The average Bonchev–Trinajstić information content (AvgIpc) is 2.58. The Balaban J connectivity index is 3.78. The molecule has 0 aliphatic heterocycles. The largest absolute Gasteiger partial charge is 0.481 e. The number of unbranched alkanes of at least 4 members (excludes halogenated alkanes) is 6. The predicted octanol–water partition coefficient (Wildman–Crippen LogP) is 5.11. The van der Waals surface area contributed by atoms with Crippen molar-refractivity contribution in [3.05, 3.63) is 0 Å². The van der Waals surface area contributed by atoms with E-state index in [9.17, 15) is 9.69 Å². The monoisotopic (exact) mass is 452 g/mol. The summed E-state index contributed by atoms with van der Waals surface area (Å²) in [6.45, 7) is 8.30. The molecule has 0 aliphatic rings. The topological polar surface area (TPSA) is 85.2 Å². The van der Waals surface area contributed by atoms with E-state index in [1.165, 1.54) is 19.3 Å². The van der Waals surface area contributed by atoms with E-state index in [0.29, 0.717) is 17.6 Å². The van der Waals surface area contributed by atoms with E-state index < -0.39 is 20.7 Å². The van der Waals surface area contributed by atoms with Gasteiger partial charge in [0.25, 0.3) is 0 Å². The molecule has 0 spiro atoms. The summed E-state index contributed by atoms with van der Waals surface area (Å²) in [5, 5.41) is 9.01. The highest BCUT2D eigenvalue weighted by Gasteiger charge is 2.25. The van der Waals surface area contributed by atoms with Crippen molar-refractivity contribution in [3.8, 4) is 0 Å². The molecule has 0 heterocycles. The number of aliphatic carboxylic acids is 1. The van der Waals surface area contributed by atoms with Crippen LogP contribution >= 0.6 is 8.60 Å². The number of rotatable bonds is 20. The van der Waals surface area contributed by atoms with Gasteiger partial charge in [0.2, 0.25) is 0 Å². The summed E-state index contributed by atoms with van der Waals surface area (Å²) in [6, 6.07) is 0. The lowest BCUT2D eigenvalue weighted by Crippen LogP contribution is -2.42. The molecule has 2 atom stereocenters. The van der Waals surface area contributed by atoms with Gasteiger partial charge in [0.15, 0.2) is 0 Å². The second-order valence-corrected chi connectivity index (χ2v) is 10.6. The van der Waals surface area contributed by atoms with E-state index in [0.717, 1.165) is 45.1 Å². The number of likely N-dealkylation sites (N-methyl/N-ethyl adjacent to an activating group) is 1. The maximum absolute atomic E-state index is 11.0. The van der Waals surface area contributed by atoms with Crippen LogP contribution in [0, 0.1) is 0 Å². The Bertz CT molecular complexity index is 442. The van der Waals surface area contributed by atoms with E-state index in [2.05, 4.69) is 20.8 Å². The van der Waals surface area contributed by atoms with Crippen molar-refractivity contribution < 1.29 is 33.1 Å². The van der Waals surface area contributed by atoms with Crippen LogP contribution in [-0.4, -0.2) is 73.1 Å². The molecule has 0 radical (unpaired) electrons. The maximum atomic E-state index is 11.0. The average molecular weight is 453 g/mol. The van der Waals surface area contributed by atoms with Crippen molar-refractivity contribution >= 4 is 14.6 Å². The Morgan fingerprint density at radius 2 is 1.60 bits per heavy atom. The second-order valence-electron chi connectivity index (χ2n) is 9.70. The molecule has 0 fully saturated rings. The quantitative estimate of drug-likeness (QED) is 0.152. The van der Waals surface area contributed by atoms with Crippen LogP contribution in [0.25, 0.3) is 0 Å². The second kappa shape index (κ2) is 16.3. The van der Waals surface area contributed by atoms with Crippen molar-refractivity contribution in [1.82, 2.24) is 0 Å². The number of carbonyl (C=O) groups is 1. The van der Waals surface area contributed by atoms with Crippen LogP contribution in [0.4, 0.5) is 0 Å². The molecule has 180 valence electrons. The molecule has 0 aromatic heterocycles. The van der Waals surface area contributed by atoms with Crippen molar-refractivity contribution in [1.29, 1.82) is 0 Å². The van der Waals surface area contributed by atoms with Crippen LogP contribution in [0.1, 0.15) is 85.0 Å². The van der Waals surface area contributed by atoms with Crippen LogP contribution in [-0.2, 0) is 18.6 Å². The molecule has 0 saturated heterocycles. The fourth-order valence-corrected chi connectivity index (χ4v) is 3.94. The van der Waals surface area contributed by atoms with Gasteiger partial charge in [-0.3, -0.25) is 4.79 Å². The first-order valence-corrected chi connectivity index (χ1v) is 12.5. The molecule has 0 rings (SSSR count). The van der Waals surface area contributed by atoms with Crippen LogP contribution in [0.2, 0.25) is 0 Å². The highest BCUT2D eigenvalue weighted by Crippen LogP contribution is 2.36. The van der Waals surface area contributed by atoms with Crippen molar-refractivity contribution in [2.24, 2.45) is 0 Å². The highest BCUT2D eigenvalue weighted by atomic mass is 31.2. The molecule has 1 unspecified atom stereocenters. The molecule has 0 aromatic carbocycles. The Hall–Kier alpha value is -0.300. The molecule has 2 N–H and O–H groups in total. The Morgan fingerprint density at radius 3 is 2.17 bits per heavy atom. The van der Waals surface area contributed by atoms with Crippen LogP contribution in [0.5, 0.6) is 0 Å². The zero-order chi connectivity index (χ0) is 23.0. The number of quaternary nitrogens is 1. The zero-order valence-corrected chi connectivity index (χ0v) is 21.1. The number of hydrogen-bond donors (Lipinski definition) is 2. The third-order valence-electron chi connectivity index (χ3n) is 4.76. The Morgan fingerprint density at radius 1 is 1.00 bits per heavy atom. The fraction of sp³-hybridized carbons (Fsp3) is 0.955. The Kier molecular flexibility index (Phi) is 16.2. The van der Waals surface area contributed by atoms with E-state index in [1.807, 2.05) is 21.1 Å². The van der Waals surface area contributed by atoms with Gasteiger partial charge in [-0.15, -0.1) is 0 Å². The highest BCUT2D eigenvalue weighted by molar-refractivity contribution is 7.40. The third kappa shape index (κ3) is 19.7. The normalized spacial score (nSPS) is 14.6. The van der Waals surface area contributed by atoms with Gasteiger partial charge in [0.1, 0.15) is 12.6 Å². The number of carboxylic acid groups (broad SMARTS) is 1. The lowest BCUT2D eigenvalue weighted by Gasteiger charge is -2.29. The molecule has 0 aromatic rings. The number of hydrogen-bond acceptors (Lipinski definition) is 5. The van der Waals surface area contributed by atoms with Crippen LogP contribution < -0.4 is 0 Å². The van der Waals surface area contributed by atoms with Gasteiger partial charge in [0, 0.05) is 6.61 Å². The Labute approximate surface area is 185 Å². The minimum Gasteiger partial charge on any atom is -0.481 e. The fourth-order valence-electron chi connectivity index (χ4n) is 3.20. The summed E-state index contributed by atoms with van der Waals surface area (Å²) in [4.78, 5) is 20.9. The summed E-state index contributed by atoms with van der Waals surface area (Å²) < 4.78 is 17.4. The van der Waals surface area contributed by atoms with Crippen molar-refractivity contribution in [2.45, 2.75) is 96.7 Å². The van der Waals surface area contributed by atoms with Gasteiger partial charge in [-0.05, 0) is 33.1 Å². The summed E-state index contributed by atoms with van der Waals surface area (Å²) in [6.07, 6.45) is 9.33. The number of carboxylic acids is 1. The maximum Gasteiger partial charge on any atom is 0.330 e. The molecule has 7 nitrogen and oxygen atoms in total. The molecule has 0 bridgehead atoms. The van der Waals surface area contributed by atoms with Crippen molar-refractivity contribution in [2.75, 3.05) is 40.9 Å². The van der Waals surface area contributed by atoms with E-state index in [4.69, 9.17) is 18.9 Å². The van der Waals surface area contributed by atoms with E-state index in [-0.39, 0.29) is 12.0 Å². The van der Waals surface area contributed by atoms with Crippen molar-refractivity contribution in [3.63, 3.8) is 0 Å². The van der Waals surface area contributed by atoms with Gasteiger partial charge in [-0.1, -0.05) is 45.4 Å². The first kappa shape index (κ1) is 29.7. The minimum absolute atomic E-state index is 0.0221. The summed E-state index contributed by atoms with van der Waals surface area (Å²) in [5.41, 5.74) is -0.0221. The third-order valence-corrected chi connectivity index (χ3v) is 5.64. The first-order valence-electron chi connectivity index (χ1n) is 11.4. The van der Waals surface area contributed by atoms with Crippen LogP contribution in [0.3, 0.4) is 0 Å². The molecule has 0 saturated carbocycles. The number of nitrogens with zero attached hydrogens (tertiary/aromatic N) is 1. The van der Waals surface area contributed by atoms with Gasteiger partial charge in [-0.25, -0.2) is 0 Å². The lowest BCUT2D eigenvalue weighted by molar-refractivity contribution is -0.873. The van der Waals surface area contributed by atoms with Gasteiger partial charge in [-0.2, -0.15) is 0 Å². The van der Waals surface area contributed by atoms with E-state index in [1.54, 1.807) is 0 Å².